The van der Waals surface area contributed by atoms with Crippen molar-refractivity contribution < 1.29 is 13.1 Å². The fourth-order valence-corrected chi connectivity index (χ4v) is 3.95. The van der Waals surface area contributed by atoms with Crippen LogP contribution in [0.3, 0.4) is 0 Å². The van der Waals surface area contributed by atoms with E-state index in [0.717, 1.165) is 22.3 Å². The zero-order valence-electron chi connectivity index (χ0n) is 13.4. The van der Waals surface area contributed by atoms with Gasteiger partial charge in [0, 0.05) is 19.1 Å². The first kappa shape index (κ1) is 16.5. The summed E-state index contributed by atoms with van der Waals surface area (Å²) in [4.78, 5) is 0. The van der Waals surface area contributed by atoms with E-state index < -0.39 is 9.84 Å². The summed E-state index contributed by atoms with van der Waals surface area (Å²) >= 11 is 0. The number of sulfone groups is 1. The van der Waals surface area contributed by atoms with E-state index in [1.54, 1.807) is 19.9 Å². The van der Waals surface area contributed by atoms with Gasteiger partial charge in [0.05, 0.1) is 5.75 Å². The Morgan fingerprint density at radius 3 is 2.36 bits per heavy atom. The first-order valence-electron chi connectivity index (χ1n) is 7.20. The van der Waals surface area contributed by atoms with E-state index in [9.17, 15) is 13.6 Å². The molecule has 0 aliphatic carbocycles. The largest absolute Gasteiger partial charge is 0.618 e. The molecule has 0 aliphatic heterocycles. The van der Waals surface area contributed by atoms with Crippen LogP contribution in [0.25, 0.3) is 0 Å². The van der Waals surface area contributed by atoms with E-state index in [-0.39, 0.29) is 10.8 Å². The maximum absolute atomic E-state index is 12.5. The van der Waals surface area contributed by atoms with Crippen LogP contribution in [0, 0.1) is 32.9 Å². The monoisotopic (exact) mass is 319 g/mol. The van der Waals surface area contributed by atoms with Crippen molar-refractivity contribution in [2.24, 2.45) is 0 Å². The highest BCUT2D eigenvalue weighted by atomic mass is 32.2. The molecule has 0 spiro atoms. The third-order valence-electron chi connectivity index (χ3n) is 3.77. The van der Waals surface area contributed by atoms with Crippen molar-refractivity contribution in [3.05, 3.63) is 63.5 Å². The number of aryl methyl sites for hydroxylation is 5. The van der Waals surface area contributed by atoms with Gasteiger partial charge in [-0.25, -0.2) is 8.42 Å². The van der Waals surface area contributed by atoms with Crippen LogP contribution in [0.1, 0.15) is 27.9 Å². The highest BCUT2D eigenvalue weighted by molar-refractivity contribution is 7.91. The quantitative estimate of drug-likeness (QED) is 0.643. The maximum Gasteiger partial charge on any atom is 0.309 e. The lowest BCUT2D eigenvalue weighted by molar-refractivity contribution is -0.653. The Hall–Kier alpha value is -1.88. The van der Waals surface area contributed by atoms with Gasteiger partial charge < -0.3 is 5.21 Å². The first-order valence-corrected chi connectivity index (χ1v) is 8.85. The third-order valence-corrected chi connectivity index (χ3v) is 5.43. The molecule has 118 valence electrons. The number of pyridine rings is 1. The molecule has 0 bridgehead atoms. The van der Waals surface area contributed by atoms with E-state index in [0.29, 0.717) is 16.8 Å². The molecule has 22 heavy (non-hydrogen) atoms. The molecule has 0 N–H and O–H groups in total. The van der Waals surface area contributed by atoms with Crippen LogP contribution in [0.4, 0.5) is 0 Å². The second-order valence-electron chi connectivity index (χ2n) is 5.81. The van der Waals surface area contributed by atoms with Crippen LogP contribution >= 0.6 is 0 Å². The molecular formula is C17H21NO3S. The van der Waals surface area contributed by atoms with Gasteiger partial charge in [-0.2, -0.15) is 4.73 Å². The molecule has 0 aliphatic rings. The van der Waals surface area contributed by atoms with E-state index in [1.807, 2.05) is 32.0 Å². The van der Waals surface area contributed by atoms with Crippen molar-refractivity contribution >= 4 is 9.84 Å². The summed E-state index contributed by atoms with van der Waals surface area (Å²) in [5.74, 6) is -0.0670. The molecule has 1 heterocycles. The fraction of sp³-hybridized carbons (Fsp3) is 0.353. The number of aromatic nitrogens is 1. The SMILES string of the molecule is Cc1ccc(C)c(CCS(=O)(=O)c2cc(C)cc(C)[n+]2[O-])c1. The Morgan fingerprint density at radius 1 is 1.00 bits per heavy atom. The van der Waals surface area contributed by atoms with Crippen LogP contribution in [0.5, 0.6) is 0 Å². The molecule has 2 aromatic rings. The Morgan fingerprint density at radius 2 is 1.68 bits per heavy atom. The van der Waals surface area contributed by atoms with Crippen molar-refractivity contribution in [1.82, 2.24) is 0 Å². The van der Waals surface area contributed by atoms with Crippen molar-refractivity contribution in [2.75, 3.05) is 5.75 Å². The molecule has 2 rings (SSSR count). The Kier molecular flexibility index (Phi) is 4.56. The average molecular weight is 319 g/mol. The standard InChI is InChI=1S/C17H21NO3S/c1-12-5-6-14(3)16(10-12)7-8-22(20,21)17-11-13(2)9-15(4)18(17)19/h5-6,9-11H,7-8H2,1-4H3. The normalized spacial score (nSPS) is 11.6. The van der Waals surface area contributed by atoms with Crippen LogP contribution in [0.2, 0.25) is 0 Å². The van der Waals surface area contributed by atoms with Gasteiger partial charge in [-0.3, -0.25) is 0 Å². The summed E-state index contributed by atoms with van der Waals surface area (Å²) in [6.45, 7) is 7.35. The first-order chi connectivity index (χ1) is 10.2. The lowest BCUT2D eigenvalue weighted by Gasteiger charge is -2.10. The minimum Gasteiger partial charge on any atom is -0.618 e. The zero-order valence-corrected chi connectivity index (χ0v) is 14.2. The van der Waals surface area contributed by atoms with E-state index in [1.165, 1.54) is 6.07 Å². The molecule has 0 amide bonds. The molecule has 0 fully saturated rings. The highest BCUT2D eigenvalue weighted by Gasteiger charge is 2.25. The van der Waals surface area contributed by atoms with E-state index >= 15 is 0 Å². The van der Waals surface area contributed by atoms with Gasteiger partial charge in [0.25, 0.3) is 0 Å². The predicted molar refractivity (Wildman–Crippen MR) is 86.5 cm³/mol. The Balaban J connectivity index is 2.31. The minimum absolute atomic E-state index is 0.0670. The molecule has 0 saturated carbocycles. The second kappa shape index (κ2) is 6.08. The lowest BCUT2D eigenvalue weighted by Crippen LogP contribution is -2.38. The molecule has 0 atom stereocenters. The minimum atomic E-state index is -3.61. The van der Waals surface area contributed by atoms with Gasteiger partial charge in [-0.05, 0) is 43.9 Å². The smallest absolute Gasteiger partial charge is 0.309 e. The molecule has 0 saturated heterocycles. The summed E-state index contributed by atoms with van der Waals surface area (Å²) in [6, 6.07) is 9.11. The summed E-state index contributed by atoms with van der Waals surface area (Å²) in [7, 11) is -3.61. The van der Waals surface area contributed by atoms with Gasteiger partial charge in [-0.1, -0.05) is 23.8 Å². The number of hydrogen-bond acceptors (Lipinski definition) is 3. The van der Waals surface area contributed by atoms with Crippen molar-refractivity contribution in [3.8, 4) is 0 Å². The molecule has 4 nitrogen and oxygen atoms in total. The van der Waals surface area contributed by atoms with Crippen LogP contribution in [-0.2, 0) is 16.3 Å². The average Bonchev–Trinajstić information content (AvgIpc) is 2.43. The van der Waals surface area contributed by atoms with Gasteiger partial charge in [-0.15, -0.1) is 0 Å². The molecule has 0 unspecified atom stereocenters. The molecule has 5 heteroatoms. The molecule has 0 radical (unpaired) electrons. The van der Waals surface area contributed by atoms with Crippen LogP contribution in [0.15, 0.2) is 35.4 Å². The second-order valence-corrected chi connectivity index (χ2v) is 7.86. The van der Waals surface area contributed by atoms with Gasteiger partial charge in [0.1, 0.15) is 0 Å². The summed E-state index contributed by atoms with van der Waals surface area (Å²) in [6.07, 6.45) is 0.406. The number of rotatable bonds is 4. The van der Waals surface area contributed by atoms with E-state index in [2.05, 4.69) is 0 Å². The zero-order chi connectivity index (χ0) is 16.5. The van der Waals surface area contributed by atoms with Crippen LogP contribution in [-0.4, -0.2) is 14.2 Å². The molecular weight excluding hydrogens is 298 g/mol. The number of nitrogens with zero attached hydrogens (tertiary/aromatic N) is 1. The summed E-state index contributed by atoms with van der Waals surface area (Å²) in [5, 5.41) is 11.9. The van der Waals surface area contributed by atoms with Gasteiger partial charge in [0.15, 0.2) is 5.69 Å². The topological polar surface area (TPSA) is 61.1 Å². The number of hydrogen-bond donors (Lipinski definition) is 0. The Labute approximate surface area is 131 Å². The third kappa shape index (κ3) is 3.47. The molecule has 1 aromatic heterocycles. The maximum atomic E-state index is 12.5. The Bertz CT molecular complexity index is 811. The highest BCUT2D eigenvalue weighted by Crippen LogP contribution is 2.15. The number of benzene rings is 1. The van der Waals surface area contributed by atoms with Gasteiger partial charge >= 0.3 is 5.03 Å². The van der Waals surface area contributed by atoms with Crippen molar-refractivity contribution in [2.45, 2.75) is 39.1 Å². The molecule has 1 aromatic carbocycles. The van der Waals surface area contributed by atoms with Crippen LogP contribution < -0.4 is 4.73 Å². The summed E-state index contributed by atoms with van der Waals surface area (Å²) in [5.41, 5.74) is 4.34. The van der Waals surface area contributed by atoms with E-state index in [4.69, 9.17) is 0 Å². The predicted octanol–water partition coefficient (Wildman–Crippen LogP) is 2.57. The fourth-order valence-electron chi connectivity index (χ4n) is 2.49. The van der Waals surface area contributed by atoms with Gasteiger partial charge in [0.2, 0.25) is 9.84 Å². The van der Waals surface area contributed by atoms with Crippen molar-refractivity contribution in [3.63, 3.8) is 0 Å². The van der Waals surface area contributed by atoms with Crippen molar-refractivity contribution in [1.29, 1.82) is 0 Å². The lowest BCUT2D eigenvalue weighted by atomic mass is 10.0. The summed E-state index contributed by atoms with van der Waals surface area (Å²) < 4.78 is 25.5.